The van der Waals surface area contributed by atoms with Crippen LogP contribution in [0, 0.1) is 10.1 Å². The molecule has 2 aromatic rings. The minimum atomic E-state index is -0.587. The predicted octanol–water partition coefficient (Wildman–Crippen LogP) is 2.27. The average Bonchev–Trinajstić information content (AvgIpc) is 2.60. The van der Waals surface area contributed by atoms with Gasteiger partial charge in [0.2, 0.25) is 0 Å². The first kappa shape index (κ1) is 17.1. The standard InChI is InChI=1S/C17H17N3O4/c1-2-18-16(21)13-9-7-12(8-10-13)11-19-17(22)14-5-3-4-6-15(14)20(23)24/h3-10H,2,11H2,1H3,(H,18,21)(H,19,22). The van der Waals surface area contributed by atoms with Crippen molar-refractivity contribution in [2.45, 2.75) is 13.5 Å². The molecule has 0 heterocycles. The second-order valence-corrected chi connectivity index (χ2v) is 5.01. The lowest BCUT2D eigenvalue weighted by atomic mass is 10.1. The van der Waals surface area contributed by atoms with Crippen molar-refractivity contribution >= 4 is 17.5 Å². The van der Waals surface area contributed by atoms with Gasteiger partial charge in [0.15, 0.2) is 0 Å². The molecule has 0 unspecified atom stereocenters. The van der Waals surface area contributed by atoms with Gasteiger partial charge in [0, 0.05) is 24.7 Å². The highest BCUT2D eigenvalue weighted by molar-refractivity contribution is 5.98. The van der Waals surface area contributed by atoms with Gasteiger partial charge in [-0.1, -0.05) is 24.3 Å². The van der Waals surface area contributed by atoms with Gasteiger partial charge in [-0.05, 0) is 30.7 Å². The van der Waals surface area contributed by atoms with E-state index in [4.69, 9.17) is 0 Å². The maximum atomic E-state index is 12.1. The maximum Gasteiger partial charge on any atom is 0.282 e. The molecule has 0 aromatic heterocycles. The first-order valence-corrected chi connectivity index (χ1v) is 7.41. The zero-order valence-electron chi connectivity index (χ0n) is 13.1. The Labute approximate surface area is 138 Å². The lowest BCUT2D eigenvalue weighted by molar-refractivity contribution is -0.385. The van der Waals surface area contributed by atoms with E-state index in [1.165, 1.54) is 18.2 Å². The summed E-state index contributed by atoms with van der Waals surface area (Å²) in [5.74, 6) is -0.678. The van der Waals surface area contributed by atoms with Gasteiger partial charge >= 0.3 is 0 Å². The molecule has 0 radical (unpaired) electrons. The monoisotopic (exact) mass is 327 g/mol. The number of carbonyl (C=O) groups is 2. The number of hydrogen-bond acceptors (Lipinski definition) is 4. The van der Waals surface area contributed by atoms with Crippen LogP contribution in [0.15, 0.2) is 48.5 Å². The molecule has 0 fully saturated rings. The number of rotatable bonds is 6. The lowest BCUT2D eigenvalue weighted by Gasteiger charge is -2.07. The van der Waals surface area contributed by atoms with Crippen molar-refractivity contribution in [2.75, 3.05) is 6.54 Å². The summed E-state index contributed by atoms with van der Waals surface area (Å²) in [5, 5.41) is 16.3. The van der Waals surface area contributed by atoms with Crippen LogP contribution < -0.4 is 10.6 Å². The Morgan fingerprint density at radius 3 is 2.29 bits per heavy atom. The fraction of sp³-hybridized carbons (Fsp3) is 0.176. The van der Waals surface area contributed by atoms with Crippen LogP contribution in [0.4, 0.5) is 5.69 Å². The summed E-state index contributed by atoms with van der Waals surface area (Å²) in [7, 11) is 0. The molecule has 2 aromatic carbocycles. The van der Waals surface area contributed by atoms with Crippen molar-refractivity contribution in [1.82, 2.24) is 10.6 Å². The second kappa shape index (κ2) is 7.87. The van der Waals surface area contributed by atoms with E-state index >= 15 is 0 Å². The molecule has 0 saturated heterocycles. The number of benzene rings is 2. The van der Waals surface area contributed by atoms with Gasteiger partial charge in [-0.25, -0.2) is 0 Å². The third kappa shape index (κ3) is 4.16. The van der Waals surface area contributed by atoms with E-state index in [0.717, 1.165) is 5.56 Å². The molecule has 0 spiro atoms. The van der Waals surface area contributed by atoms with Gasteiger partial charge < -0.3 is 10.6 Å². The van der Waals surface area contributed by atoms with Crippen LogP contribution in [0.3, 0.4) is 0 Å². The first-order valence-electron chi connectivity index (χ1n) is 7.41. The van der Waals surface area contributed by atoms with E-state index in [0.29, 0.717) is 12.1 Å². The summed E-state index contributed by atoms with van der Waals surface area (Å²) in [4.78, 5) is 34.1. The normalized spacial score (nSPS) is 10.0. The number of nitro benzene ring substituents is 1. The Kier molecular flexibility index (Phi) is 5.62. The Bertz CT molecular complexity index is 757. The lowest BCUT2D eigenvalue weighted by Crippen LogP contribution is -2.24. The fourth-order valence-electron chi connectivity index (χ4n) is 2.14. The highest BCUT2D eigenvalue weighted by Gasteiger charge is 2.18. The number of nitrogens with one attached hydrogen (secondary N) is 2. The Morgan fingerprint density at radius 1 is 1.00 bits per heavy atom. The molecule has 0 bridgehead atoms. The minimum absolute atomic E-state index is 0.0152. The number of nitrogens with zero attached hydrogens (tertiary/aromatic N) is 1. The summed E-state index contributed by atoms with van der Waals surface area (Å²) < 4.78 is 0. The molecule has 7 nitrogen and oxygen atoms in total. The predicted molar refractivity (Wildman–Crippen MR) is 88.7 cm³/mol. The van der Waals surface area contributed by atoms with Crippen LogP contribution in [-0.4, -0.2) is 23.3 Å². The van der Waals surface area contributed by atoms with Crippen LogP contribution >= 0.6 is 0 Å². The molecule has 2 rings (SSSR count). The van der Waals surface area contributed by atoms with Gasteiger partial charge in [-0.3, -0.25) is 19.7 Å². The molecule has 0 atom stereocenters. The zero-order chi connectivity index (χ0) is 17.5. The summed E-state index contributed by atoms with van der Waals surface area (Å²) in [6.45, 7) is 2.59. The van der Waals surface area contributed by atoms with Crippen LogP contribution in [0.25, 0.3) is 0 Å². The van der Waals surface area contributed by atoms with E-state index in [9.17, 15) is 19.7 Å². The van der Waals surface area contributed by atoms with E-state index in [2.05, 4.69) is 10.6 Å². The van der Waals surface area contributed by atoms with E-state index in [-0.39, 0.29) is 23.7 Å². The third-order valence-corrected chi connectivity index (χ3v) is 3.35. The molecule has 24 heavy (non-hydrogen) atoms. The van der Waals surface area contributed by atoms with Gasteiger partial charge in [0.25, 0.3) is 17.5 Å². The van der Waals surface area contributed by atoms with Crippen LogP contribution in [0.2, 0.25) is 0 Å². The number of nitro groups is 1. The Balaban J connectivity index is 2.02. The SMILES string of the molecule is CCNC(=O)c1ccc(CNC(=O)c2ccccc2[N+](=O)[O-])cc1. The molecule has 2 N–H and O–H groups in total. The minimum Gasteiger partial charge on any atom is -0.352 e. The fourth-order valence-corrected chi connectivity index (χ4v) is 2.14. The van der Waals surface area contributed by atoms with E-state index in [1.54, 1.807) is 30.3 Å². The van der Waals surface area contributed by atoms with Crippen molar-refractivity contribution < 1.29 is 14.5 Å². The number of carbonyl (C=O) groups excluding carboxylic acids is 2. The quantitative estimate of drug-likeness (QED) is 0.627. The third-order valence-electron chi connectivity index (χ3n) is 3.35. The van der Waals surface area contributed by atoms with Crippen LogP contribution in [0.5, 0.6) is 0 Å². The van der Waals surface area contributed by atoms with E-state index < -0.39 is 10.8 Å². The summed E-state index contributed by atoms with van der Waals surface area (Å²) >= 11 is 0. The Morgan fingerprint density at radius 2 is 1.67 bits per heavy atom. The molecule has 7 heteroatoms. The number of hydrogen-bond donors (Lipinski definition) is 2. The zero-order valence-corrected chi connectivity index (χ0v) is 13.1. The molecule has 124 valence electrons. The molecule has 0 aliphatic carbocycles. The van der Waals surface area contributed by atoms with E-state index in [1.807, 2.05) is 6.92 Å². The largest absolute Gasteiger partial charge is 0.352 e. The van der Waals surface area contributed by atoms with Crippen molar-refractivity contribution in [3.8, 4) is 0 Å². The Hall–Kier alpha value is -3.22. The molecule has 0 saturated carbocycles. The maximum absolute atomic E-state index is 12.1. The highest BCUT2D eigenvalue weighted by Crippen LogP contribution is 2.17. The number of para-hydroxylation sites is 1. The van der Waals surface area contributed by atoms with Crippen LogP contribution in [-0.2, 0) is 6.54 Å². The molecular formula is C17H17N3O4. The topological polar surface area (TPSA) is 101 Å². The van der Waals surface area contributed by atoms with Crippen molar-refractivity contribution in [3.05, 3.63) is 75.3 Å². The van der Waals surface area contributed by atoms with Crippen molar-refractivity contribution in [3.63, 3.8) is 0 Å². The molecule has 0 aliphatic rings. The second-order valence-electron chi connectivity index (χ2n) is 5.01. The smallest absolute Gasteiger partial charge is 0.282 e. The molecule has 2 amide bonds. The summed E-state index contributed by atoms with van der Waals surface area (Å²) in [6.07, 6.45) is 0. The van der Waals surface area contributed by atoms with Crippen molar-refractivity contribution in [2.24, 2.45) is 0 Å². The first-order chi connectivity index (χ1) is 11.5. The molecular weight excluding hydrogens is 310 g/mol. The number of amides is 2. The van der Waals surface area contributed by atoms with Gasteiger partial charge in [0.05, 0.1) is 4.92 Å². The average molecular weight is 327 g/mol. The van der Waals surface area contributed by atoms with Gasteiger partial charge in [-0.2, -0.15) is 0 Å². The summed E-state index contributed by atoms with van der Waals surface area (Å²) in [5.41, 5.74) is 1.10. The van der Waals surface area contributed by atoms with Crippen molar-refractivity contribution in [1.29, 1.82) is 0 Å². The molecule has 0 aliphatic heterocycles. The summed E-state index contributed by atoms with van der Waals surface area (Å²) in [6, 6.07) is 12.6. The van der Waals surface area contributed by atoms with Gasteiger partial charge in [-0.15, -0.1) is 0 Å². The van der Waals surface area contributed by atoms with Gasteiger partial charge in [0.1, 0.15) is 5.56 Å². The highest BCUT2D eigenvalue weighted by atomic mass is 16.6. The van der Waals surface area contributed by atoms with Crippen LogP contribution in [0.1, 0.15) is 33.2 Å².